The van der Waals surface area contributed by atoms with Crippen molar-refractivity contribution in [1.29, 1.82) is 0 Å². The number of nitrogens with zero attached hydrogens (tertiary/aromatic N) is 3. The van der Waals surface area contributed by atoms with Crippen molar-refractivity contribution in [2.45, 2.75) is 24.6 Å². The summed E-state index contributed by atoms with van der Waals surface area (Å²) >= 11 is 1.53. The van der Waals surface area contributed by atoms with Gasteiger partial charge in [0.25, 0.3) is 0 Å². The molecule has 1 N–H and O–H groups in total. The first-order chi connectivity index (χ1) is 11.9. The second kappa shape index (κ2) is 6.14. The van der Waals surface area contributed by atoms with Gasteiger partial charge in [-0.1, -0.05) is 6.07 Å². The number of rotatable bonds is 2. The number of aryl methyl sites for hydroxylation is 1. The maximum absolute atomic E-state index is 12.2. The third-order valence-electron chi connectivity index (χ3n) is 4.57. The lowest BCUT2D eigenvalue weighted by molar-refractivity contribution is -0.113. The van der Waals surface area contributed by atoms with E-state index in [2.05, 4.69) is 15.4 Å². The van der Waals surface area contributed by atoms with E-state index in [1.54, 1.807) is 17.1 Å². The van der Waals surface area contributed by atoms with E-state index in [0.29, 0.717) is 18.0 Å². The number of aromatic nitrogens is 3. The molecule has 2 aliphatic heterocycles. The summed E-state index contributed by atoms with van der Waals surface area (Å²) in [5.74, 6) is 1.10. The van der Waals surface area contributed by atoms with Crippen molar-refractivity contribution in [3.8, 4) is 0 Å². The van der Waals surface area contributed by atoms with Gasteiger partial charge in [-0.15, -0.1) is 11.8 Å². The van der Waals surface area contributed by atoms with E-state index in [4.69, 9.17) is 0 Å². The number of sulfone groups is 1. The lowest BCUT2D eigenvalue weighted by atomic mass is 10.1. The molecule has 132 valence electrons. The minimum absolute atomic E-state index is 0.0607. The number of nitrogens with one attached hydrogen (secondary N) is 1. The van der Waals surface area contributed by atoms with Crippen LogP contribution in [-0.2, 0) is 14.6 Å². The summed E-state index contributed by atoms with van der Waals surface area (Å²) in [5.41, 5.74) is 2.75. The molecule has 0 bridgehead atoms. The number of carbonyl (C=O) groups is 1. The summed E-state index contributed by atoms with van der Waals surface area (Å²) in [7, 11) is -3.04. The highest BCUT2D eigenvalue weighted by Crippen LogP contribution is 2.44. The predicted octanol–water partition coefficient (Wildman–Crippen LogP) is 1.72. The summed E-state index contributed by atoms with van der Waals surface area (Å²) < 4.78 is 25.4. The zero-order valence-electron chi connectivity index (χ0n) is 13.7. The topological polar surface area (TPSA) is 93.9 Å². The number of anilines is 1. The van der Waals surface area contributed by atoms with Crippen molar-refractivity contribution in [1.82, 2.24) is 14.8 Å². The standard InChI is InChI=1S/C16H18N4O3S2/c1-10-14-15(11-3-2-5-17-7-11)24-8-13(21)18-16(14)20(19-10)12-4-6-25(22,23)9-12/h2-3,5,7,12,15H,4,6,8-9H2,1H3,(H,18,21). The minimum Gasteiger partial charge on any atom is -0.310 e. The lowest BCUT2D eigenvalue weighted by Crippen LogP contribution is -2.20. The maximum Gasteiger partial charge on any atom is 0.235 e. The Morgan fingerprint density at radius 1 is 1.40 bits per heavy atom. The Bertz CT molecular complexity index is 924. The van der Waals surface area contributed by atoms with Crippen LogP contribution in [0, 0.1) is 6.92 Å². The van der Waals surface area contributed by atoms with Crippen molar-refractivity contribution in [3.05, 3.63) is 41.3 Å². The Labute approximate surface area is 150 Å². The Balaban J connectivity index is 1.82. The van der Waals surface area contributed by atoms with Crippen LogP contribution in [0.25, 0.3) is 0 Å². The van der Waals surface area contributed by atoms with Crippen LogP contribution in [0.4, 0.5) is 5.82 Å². The highest BCUT2D eigenvalue weighted by Gasteiger charge is 2.36. The van der Waals surface area contributed by atoms with Gasteiger partial charge in [0.05, 0.1) is 34.2 Å². The highest BCUT2D eigenvalue weighted by atomic mass is 32.2. The molecular formula is C16H18N4O3S2. The predicted molar refractivity (Wildman–Crippen MR) is 96.4 cm³/mol. The number of amides is 1. The van der Waals surface area contributed by atoms with Crippen LogP contribution in [-0.4, -0.2) is 46.3 Å². The molecule has 1 amide bonds. The molecule has 2 aliphatic rings. The fraction of sp³-hybridized carbons (Fsp3) is 0.438. The zero-order valence-corrected chi connectivity index (χ0v) is 15.3. The molecule has 1 saturated heterocycles. The molecular weight excluding hydrogens is 360 g/mol. The van der Waals surface area contributed by atoms with Gasteiger partial charge in [-0.05, 0) is 25.0 Å². The van der Waals surface area contributed by atoms with Crippen LogP contribution >= 0.6 is 11.8 Å². The van der Waals surface area contributed by atoms with Gasteiger partial charge in [0, 0.05) is 18.0 Å². The first-order valence-electron chi connectivity index (χ1n) is 8.05. The number of carbonyl (C=O) groups excluding carboxylic acids is 1. The van der Waals surface area contributed by atoms with E-state index in [9.17, 15) is 13.2 Å². The first-order valence-corrected chi connectivity index (χ1v) is 10.9. The zero-order chi connectivity index (χ0) is 17.6. The number of fused-ring (bicyclic) bond motifs is 1. The summed E-state index contributed by atoms with van der Waals surface area (Å²) in [6.45, 7) is 1.90. The van der Waals surface area contributed by atoms with Gasteiger partial charge in [0.15, 0.2) is 9.84 Å². The summed E-state index contributed by atoms with van der Waals surface area (Å²) in [6, 6.07) is 3.63. The van der Waals surface area contributed by atoms with Gasteiger partial charge in [-0.3, -0.25) is 9.78 Å². The largest absolute Gasteiger partial charge is 0.310 e. The quantitative estimate of drug-likeness (QED) is 0.855. The van der Waals surface area contributed by atoms with E-state index in [1.165, 1.54) is 11.8 Å². The molecule has 4 rings (SSSR count). The van der Waals surface area contributed by atoms with Crippen LogP contribution in [0.5, 0.6) is 0 Å². The van der Waals surface area contributed by atoms with Crippen molar-refractivity contribution in [2.75, 3.05) is 22.6 Å². The second-order valence-electron chi connectivity index (χ2n) is 6.37. The van der Waals surface area contributed by atoms with Gasteiger partial charge in [-0.2, -0.15) is 5.10 Å². The monoisotopic (exact) mass is 378 g/mol. The minimum atomic E-state index is -3.04. The van der Waals surface area contributed by atoms with Crippen LogP contribution in [0.3, 0.4) is 0 Å². The van der Waals surface area contributed by atoms with E-state index in [1.807, 2.05) is 19.1 Å². The van der Waals surface area contributed by atoms with Crippen molar-refractivity contribution in [2.24, 2.45) is 0 Å². The molecule has 2 aromatic heterocycles. The van der Waals surface area contributed by atoms with E-state index in [0.717, 1.165) is 16.8 Å². The third-order valence-corrected chi connectivity index (χ3v) is 7.59. The summed E-state index contributed by atoms with van der Waals surface area (Å²) in [4.78, 5) is 16.4. The van der Waals surface area contributed by atoms with Crippen molar-refractivity contribution < 1.29 is 13.2 Å². The van der Waals surface area contributed by atoms with E-state index in [-0.39, 0.29) is 28.7 Å². The Hall–Kier alpha value is -1.87. The summed E-state index contributed by atoms with van der Waals surface area (Å²) in [5, 5.41) is 7.48. The molecule has 2 aromatic rings. The number of hydrogen-bond acceptors (Lipinski definition) is 6. The molecule has 0 spiro atoms. The van der Waals surface area contributed by atoms with Crippen molar-refractivity contribution in [3.63, 3.8) is 0 Å². The number of pyridine rings is 1. The van der Waals surface area contributed by atoms with Crippen LogP contribution in [0.2, 0.25) is 0 Å². The number of thioether (sulfide) groups is 1. The molecule has 25 heavy (non-hydrogen) atoms. The van der Waals surface area contributed by atoms with Gasteiger partial charge in [0.2, 0.25) is 5.91 Å². The highest BCUT2D eigenvalue weighted by molar-refractivity contribution is 8.00. The fourth-order valence-electron chi connectivity index (χ4n) is 3.44. The first kappa shape index (κ1) is 16.6. The van der Waals surface area contributed by atoms with E-state index < -0.39 is 9.84 Å². The van der Waals surface area contributed by atoms with Crippen LogP contribution in [0.1, 0.15) is 34.5 Å². The normalized spacial score (nSPS) is 25.2. The second-order valence-corrected chi connectivity index (χ2v) is 9.70. The summed E-state index contributed by atoms with van der Waals surface area (Å²) in [6.07, 6.45) is 4.04. The van der Waals surface area contributed by atoms with Crippen LogP contribution < -0.4 is 5.32 Å². The molecule has 0 aromatic carbocycles. The molecule has 4 heterocycles. The smallest absolute Gasteiger partial charge is 0.235 e. The van der Waals surface area contributed by atoms with Gasteiger partial charge >= 0.3 is 0 Å². The lowest BCUT2D eigenvalue weighted by Gasteiger charge is -2.16. The molecule has 2 atom stereocenters. The Morgan fingerprint density at radius 2 is 2.24 bits per heavy atom. The average molecular weight is 378 g/mol. The third kappa shape index (κ3) is 3.06. The van der Waals surface area contributed by atoms with Gasteiger partial charge < -0.3 is 5.32 Å². The Kier molecular flexibility index (Phi) is 4.07. The molecule has 2 unspecified atom stereocenters. The SMILES string of the molecule is Cc1nn(C2CCS(=O)(=O)C2)c2c1C(c1cccnc1)SCC(=O)N2. The van der Waals surface area contributed by atoms with Gasteiger partial charge in [-0.25, -0.2) is 13.1 Å². The molecule has 0 radical (unpaired) electrons. The fourth-order valence-corrected chi connectivity index (χ4v) is 6.30. The molecule has 7 nitrogen and oxygen atoms in total. The van der Waals surface area contributed by atoms with E-state index >= 15 is 0 Å². The van der Waals surface area contributed by atoms with Gasteiger partial charge in [0.1, 0.15) is 5.82 Å². The molecule has 0 aliphatic carbocycles. The average Bonchev–Trinajstić information content (AvgIpc) is 3.03. The number of hydrogen-bond donors (Lipinski definition) is 1. The van der Waals surface area contributed by atoms with Crippen LogP contribution in [0.15, 0.2) is 24.5 Å². The van der Waals surface area contributed by atoms with Crippen molar-refractivity contribution >= 4 is 33.3 Å². The molecule has 1 fully saturated rings. The molecule has 0 saturated carbocycles. The molecule has 9 heteroatoms. The Morgan fingerprint density at radius 3 is 2.92 bits per heavy atom. The maximum atomic E-state index is 12.2.